The maximum Gasteiger partial charge on any atom is 0.410 e. The van der Waals surface area contributed by atoms with Crippen molar-refractivity contribution >= 4 is 40.5 Å². The summed E-state index contributed by atoms with van der Waals surface area (Å²) in [6.45, 7) is 11.1. The van der Waals surface area contributed by atoms with Gasteiger partial charge >= 0.3 is 6.09 Å². The summed E-state index contributed by atoms with van der Waals surface area (Å²) >= 11 is 6.19. The van der Waals surface area contributed by atoms with Crippen molar-refractivity contribution in [3.05, 3.63) is 53.4 Å². The number of hydrogen-bond acceptors (Lipinski definition) is 6. The molecule has 0 spiro atoms. The average Bonchev–Trinajstić information content (AvgIpc) is 3.45. The summed E-state index contributed by atoms with van der Waals surface area (Å²) < 4.78 is 5.71. The van der Waals surface area contributed by atoms with Crippen LogP contribution in [0.1, 0.15) is 58.9 Å². The summed E-state index contributed by atoms with van der Waals surface area (Å²) in [5.74, 6) is 0.394. The summed E-state index contributed by atoms with van der Waals surface area (Å²) in [4.78, 5) is 45.6. The molecule has 0 radical (unpaired) electrons. The number of hydrogen-bond donors (Lipinski definition) is 1. The van der Waals surface area contributed by atoms with E-state index in [1.54, 1.807) is 23.4 Å². The van der Waals surface area contributed by atoms with Crippen molar-refractivity contribution < 1.29 is 14.3 Å². The zero-order valence-corrected chi connectivity index (χ0v) is 24.0. The Morgan fingerprint density at radius 3 is 2.38 bits per heavy atom. The Balaban J connectivity index is 1.42. The van der Waals surface area contributed by atoms with E-state index >= 15 is 0 Å². The lowest BCUT2D eigenvalue weighted by Crippen LogP contribution is -2.58. The molecule has 2 aliphatic heterocycles. The van der Waals surface area contributed by atoms with Crippen LogP contribution in [-0.4, -0.2) is 80.1 Å². The predicted octanol–water partition coefficient (Wildman–Crippen LogP) is 5.22. The van der Waals surface area contributed by atoms with Gasteiger partial charge in [0.25, 0.3) is 0 Å². The SMILES string of the molecule is CC(C)N(CC(C(=O)N1C2CCC1CN(c1ncnc3[nH]ccc13)C2)c1ccc(Cl)cc1)C(=O)OC(C)(C)C. The Labute approximate surface area is 234 Å². The largest absolute Gasteiger partial charge is 0.444 e. The first kappa shape index (κ1) is 27.2. The molecule has 2 amide bonds. The molecule has 2 aromatic heterocycles. The second-order valence-electron chi connectivity index (χ2n) is 11.8. The minimum Gasteiger partial charge on any atom is -0.444 e. The molecule has 10 heteroatoms. The maximum absolute atomic E-state index is 14.4. The number of halogens is 1. The average molecular weight is 553 g/mol. The second kappa shape index (κ2) is 10.7. The third kappa shape index (κ3) is 5.69. The van der Waals surface area contributed by atoms with Crippen LogP contribution in [0.5, 0.6) is 0 Å². The molecule has 0 aliphatic carbocycles. The number of nitrogens with zero attached hydrogens (tertiary/aromatic N) is 5. The number of nitrogens with one attached hydrogen (secondary N) is 1. The summed E-state index contributed by atoms with van der Waals surface area (Å²) in [5, 5.41) is 1.59. The van der Waals surface area contributed by atoms with Gasteiger partial charge in [-0.25, -0.2) is 14.8 Å². The van der Waals surface area contributed by atoms with Crippen molar-refractivity contribution in [3.63, 3.8) is 0 Å². The quantitative estimate of drug-likeness (QED) is 0.450. The summed E-state index contributed by atoms with van der Waals surface area (Å²) in [5.41, 5.74) is 1.01. The van der Waals surface area contributed by atoms with Gasteiger partial charge in [0.15, 0.2) is 0 Å². The van der Waals surface area contributed by atoms with E-state index in [-0.39, 0.29) is 30.6 Å². The summed E-state index contributed by atoms with van der Waals surface area (Å²) in [7, 11) is 0. The highest BCUT2D eigenvalue weighted by Crippen LogP contribution is 2.37. The van der Waals surface area contributed by atoms with Gasteiger partial charge in [-0.3, -0.25) is 4.79 Å². The minimum absolute atomic E-state index is 0.0353. The van der Waals surface area contributed by atoms with Gasteiger partial charge in [-0.1, -0.05) is 23.7 Å². The van der Waals surface area contributed by atoms with Gasteiger partial charge in [0.2, 0.25) is 5.91 Å². The molecule has 9 nitrogen and oxygen atoms in total. The van der Waals surface area contributed by atoms with Crippen molar-refractivity contribution in [2.45, 2.75) is 77.1 Å². The highest BCUT2D eigenvalue weighted by Gasteiger charge is 2.46. The van der Waals surface area contributed by atoms with Crippen molar-refractivity contribution in [1.29, 1.82) is 0 Å². The van der Waals surface area contributed by atoms with Crippen molar-refractivity contribution in [1.82, 2.24) is 24.8 Å². The van der Waals surface area contributed by atoms with Gasteiger partial charge in [0.05, 0.1) is 11.3 Å². The molecule has 3 aromatic rings. The highest BCUT2D eigenvalue weighted by molar-refractivity contribution is 6.30. The number of piperazine rings is 1. The number of ether oxygens (including phenoxy) is 1. The van der Waals surface area contributed by atoms with Gasteiger partial charge in [-0.15, -0.1) is 0 Å². The van der Waals surface area contributed by atoms with Crippen LogP contribution in [-0.2, 0) is 9.53 Å². The Kier molecular flexibility index (Phi) is 7.46. The lowest BCUT2D eigenvalue weighted by Gasteiger charge is -2.43. The van der Waals surface area contributed by atoms with E-state index < -0.39 is 17.6 Å². The standard InChI is InChI=1S/C29H37ClN6O3/c1-18(2)35(28(38)39-29(3,4)5)16-24(19-6-8-20(30)9-7-19)27(37)36-21-10-11-22(36)15-34(14-21)26-23-12-13-31-25(23)32-17-33-26/h6-9,12-13,17-18,21-22,24H,10-11,14-16H2,1-5H3,(H,31,32,33). The number of H-pyrrole nitrogens is 1. The topological polar surface area (TPSA) is 94.7 Å². The van der Waals surface area contributed by atoms with E-state index in [1.165, 1.54) is 0 Å². The summed E-state index contributed by atoms with van der Waals surface area (Å²) in [6.07, 6.45) is 4.90. The normalized spacial score (nSPS) is 20.0. The minimum atomic E-state index is -0.634. The lowest BCUT2D eigenvalue weighted by atomic mass is 9.95. The monoisotopic (exact) mass is 552 g/mol. The van der Waals surface area contributed by atoms with Crippen LogP contribution >= 0.6 is 11.6 Å². The molecule has 2 aliphatic rings. The lowest BCUT2D eigenvalue weighted by molar-refractivity contribution is -0.136. The smallest absolute Gasteiger partial charge is 0.410 e. The fourth-order valence-corrected chi connectivity index (χ4v) is 5.89. The number of carbonyl (C=O) groups excluding carboxylic acids is 2. The van der Waals surface area contributed by atoms with E-state index in [0.717, 1.165) is 35.3 Å². The molecule has 208 valence electrons. The third-order valence-electron chi connectivity index (χ3n) is 7.57. The number of rotatable bonds is 6. The van der Waals surface area contributed by atoms with E-state index in [4.69, 9.17) is 16.3 Å². The highest BCUT2D eigenvalue weighted by atomic mass is 35.5. The van der Waals surface area contributed by atoms with Crippen LogP contribution in [0, 0.1) is 0 Å². The molecule has 1 N–H and O–H groups in total. The van der Waals surface area contributed by atoms with Gasteiger partial charge in [-0.2, -0.15) is 0 Å². The van der Waals surface area contributed by atoms with Crippen LogP contribution in [0.15, 0.2) is 42.9 Å². The van der Waals surface area contributed by atoms with Gasteiger partial charge in [-0.05, 0) is 71.2 Å². The molecule has 3 atom stereocenters. The molecule has 5 rings (SSSR count). The number of anilines is 1. The molecule has 4 heterocycles. The van der Waals surface area contributed by atoms with Crippen LogP contribution in [0.4, 0.5) is 10.6 Å². The molecule has 2 bridgehead atoms. The van der Waals surface area contributed by atoms with Crippen molar-refractivity contribution in [3.8, 4) is 0 Å². The first-order chi connectivity index (χ1) is 18.5. The fourth-order valence-electron chi connectivity index (χ4n) is 5.76. The van der Waals surface area contributed by atoms with Gasteiger partial charge in [0, 0.05) is 49.0 Å². The first-order valence-electron chi connectivity index (χ1n) is 13.6. The van der Waals surface area contributed by atoms with Crippen molar-refractivity contribution in [2.24, 2.45) is 0 Å². The van der Waals surface area contributed by atoms with E-state index in [1.807, 2.05) is 59.0 Å². The van der Waals surface area contributed by atoms with Crippen molar-refractivity contribution in [2.75, 3.05) is 24.5 Å². The molecule has 2 fully saturated rings. The second-order valence-corrected chi connectivity index (χ2v) is 12.2. The zero-order chi connectivity index (χ0) is 27.9. The molecule has 39 heavy (non-hydrogen) atoms. The molecular weight excluding hydrogens is 516 g/mol. The summed E-state index contributed by atoms with van der Waals surface area (Å²) in [6, 6.07) is 9.35. The zero-order valence-electron chi connectivity index (χ0n) is 23.2. The Hall–Kier alpha value is -3.33. The first-order valence-corrected chi connectivity index (χ1v) is 14.0. The Bertz CT molecular complexity index is 1320. The van der Waals surface area contributed by atoms with Gasteiger partial charge in [0.1, 0.15) is 23.4 Å². The number of carbonyl (C=O) groups is 2. The molecule has 0 saturated carbocycles. The molecule has 2 saturated heterocycles. The number of aromatic amines is 1. The molecular formula is C29H37ClN6O3. The maximum atomic E-state index is 14.4. The Morgan fingerprint density at radius 1 is 1.10 bits per heavy atom. The number of aromatic nitrogens is 3. The van der Waals surface area contributed by atoms with Crippen LogP contribution in [0.25, 0.3) is 11.0 Å². The predicted molar refractivity (Wildman–Crippen MR) is 152 cm³/mol. The number of amides is 2. The van der Waals surface area contributed by atoms with E-state index in [0.29, 0.717) is 18.1 Å². The van der Waals surface area contributed by atoms with E-state index in [9.17, 15) is 9.59 Å². The van der Waals surface area contributed by atoms with Crippen LogP contribution < -0.4 is 4.90 Å². The number of fused-ring (bicyclic) bond motifs is 3. The number of benzene rings is 1. The van der Waals surface area contributed by atoms with Crippen LogP contribution in [0.3, 0.4) is 0 Å². The molecule has 3 unspecified atom stereocenters. The fraction of sp³-hybridized carbons (Fsp3) is 0.517. The third-order valence-corrected chi connectivity index (χ3v) is 7.82. The molecule has 1 aromatic carbocycles. The van der Waals surface area contributed by atoms with Gasteiger partial charge < -0.3 is 24.4 Å². The van der Waals surface area contributed by atoms with E-state index in [2.05, 4.69) is 24.8 Å². The van der Waals surface area contributed by atoms with Crippen LogP contribution in [0.2, 0.25) is 5.02 Å². The Morgan fingerprint density at radius 2 is 1.77 bits per heavy atom.